The van der Waals surface area contributed by atoms with Crippen LogP contribution in [0.3, 0.4) is 0 Å². The van der Waals surface area contributed by atoms with Gasteiger partial charge in [-0.1, -0.05) is 31.9 Å². The number of allylic oxidation sites excluding steroid dienone is 2. The summed E-state index contributed by atoms with van der Waals surface area (Å²) in [6.07, 6.45) is 4.02. The molecular weight excluding hydrogens is 344 g/mol. The minimum absolute atomic E-state index is 0.0699. The van der Waals surface area contributed by atoms with E-state index in [1.807, 2.05) is 33.8 Å². The predicted molar refractivity (Wildman–Crippen MR) is 103 cm³/mol. The van der Waals surface area contributed by atoms with E-state index in [1.165, 1.54) is 0 Å². The van der Waals surface area contributed by atoms with Crippen LogP contribution in [0.4, 0.5) is 0 Å². The minimum atomic E-state index is -0.339. The first-order valence-corrected chi connectivity index (χ1v) is 9.72. The monoisotopic (exact) mass is 372 g/mol. The van der Waals surface area contributed by atoms with E-state index in [4.69, 9.17) is 9.47 Å². The van der Waals surface area contributed by atoms with E-state index < -0.39 is 0 Å². The molecule has 2 aliphatic heterocycles. The number of hydrogen-bond donors (Lipinski definition) is 1. The maximum Gasteiger partial charge on any atom is 0.311 e. The Kier molecular flexibility index (Phi) is 5.31. The van der Waals surface area contributed by atoms with Gasteiger partial charge in [-0.25, -0.2) is 0 Å². The maximum absolute atomic E-state index is 13.0. The lowest BCUT2D eigenvalue weighted by molar-refractivity contribution is -0.136. The van der Waals surface area contributed by atoms with E-state index in [0.29, 0.717) is 23.5 Å². The maximum atomic E-state index is 13.0. The van der Waals surface area contributed by atoms with Gasteiger partial charge in [-0.3, -0.25) is 9.59 Å². The molecule has 0 saturated heterocycles. The number of esters is 1. The number of Topliss-reactive ketones (excluding diaryl/α,β-unsaturated/α-hetero) is 1. The van der Waals surface area contributed by atoms with Crippen LogP contribution in [0, 0.1) is 5.92 Å². The number of carbonyl (C=O) groups excluding carboxylic acids is 2. The molecule has 3 atom stereocenters. The lowest BCUT2D eigenvalue weighted by Crippen LogP contribution is -2.35. The van der Waals surface area contributed by atoms with Gasteiger partial charge >= 0.3 is 5.97 Å². The molecule has 146 valence electrons. The first kappa shape index (κ1) is 19.5. The number of ketones is 1. The third kappa shape index (κ3) is 3.35. The molecule has 0 spiro atoms. The summed E-state index contributed by atoms with van der Waals surface area (Å²) in [6.45, 7) is 9.66. The van der Waals surface area contributed by atoms with Crippen molar-refractivity contribution >= 4 is 11.8 Å². The molecule has 0 aromatic heterocycles. The Hall–Kier alpha value is -2.30. The molecule has 3 rings (SSSR count). The molecule has 0 saturated carbocycles. The Bertz CT molecular complexity index is 817. The van der Waals surface area contributed by atoms with Crippen LogP contribution in [0.15, 0.2) is 11.6 Å². The topological polar surface area (TPSA) is 72.8 Å². The third-order valence-electron chi connectivity index (χ3n) is 5.57. The molecule has 27 heavy (non-hydrogen) atoms. The smallest absolute Gasteiger partial charge is 0.311 e. The fourth-order valence-corrected chi connectivity index (χ4v) is 3.88. The highest BCUT2D eigenvalue weighted by atomic mass is 16.5. The summed E-state index contributed by atoms with van der Waals surface area (Å²) in [7, 11) is 0. The largest absolute Gasteiger partial charge is 0.507 e. The average molecular weight is 372 g/mol. The predicted octanol–water partition coefficient (Wildman–Crippen LogP) is 4.69. The number of fused-ring (bicyclic) bond motifs is 3. The zero-order valence-electron chi connectivity index (χ0n) is 16.7. The highest BCUT2D eigenvalue weighted by Gasteiger charge is 2.42. The van der Waals surface area contributed by atoms with E-state index in [9.17, 15) is 14.7 Å². The van der Waals surface area contributed by atoms with Crippen molar-refractivity contribution in [2.75, 3.05) is 0 Å². The highest BCUT2D eigenvalue weighted by Crippen LogP contribution is 2.53. The molecule has 0 bridgehead atoms. The van der Waals surface area contributed by atoms with Crippen LogP contribution < -0.4 is 9.47 Å². The quantitative estimate of drug-likeness (QED) is 0.471. The second-order valence-electron chi connectivity index (χ2n) is 7.90. The molecule has 0 unspecified atom stereocenters. The number of carbonyl (C=O) groups is 2. The molecular formula is C22H28O5. The van der Waals surface area contributed by atoms with Crippen molar-refractivity contribution in [2.24, 2.45) is 5.92 Å². The van der Waals surface area contributed by atoms with Gasteiger partial charge in [0.05, 0.1) is 12.3 Å². The van der Waals surface area contributed by atoms with E-state index in [1.54, 1.807) is 0 Å². The summed E-state index contributed by atoms with van der Waals surface area (Å²) < 4.78 is 11.7. The van der Waals surface area contributed by atoms with Gasteiger partial charge in [0.1, 0.15) is 28.9 Å². The van der Waals surface area contributed by atoms with Gasteiger partial charge in [-0.05, 0) is 33.6 Å². The van der Waals surface area contributed by atoms with Gasteiger partial charge in [-0.2, -0.15) is 0 Å². The lowest BCUT2D eigenvalue weighted by Gasteiger charge is -2.35. The SMILES string of the molecule is CCC[C@H]1CC(=O)Oc2c(CC=C(C)C)c(O)c3c(c21)O[C@H](C)[C@H](C)C3=O. The molecule has 1 aromatic carbocycles. The fraction of sp³-hybridized carbons (Fsp3) is 0.545. The Morgan fingerprint density at radius 1 is 1.22 bits per heavy atom. The molecule has 1 N–H and O–H groups in total. The molecule has 5 nitrogen and oxygen atoms in total. The Labute approximate surface area is 160 Å². The van der Waals surface area contributed by atoms with E-state index in [0.717, 1.165) is 24.0 Å². The van der Waals surface area contributed by atoms with Crippen LogP contribution in [-0.4, -0.2) is 23.0 Å². The Morgan fingerprint density at radius 3 is 2.56 bits per heavy atom. The van der Waals surface area contributed by atoms with Crippen LogP contribution >= 0.6 is 0 Å². The van der Waals surface area contributed by atoms with Crippen molar-refractivity contribution in [1.29, 1.82) is 0 Å². The summed E-state index contributed by atoms with van der Waals surface area (Å²) in [5.74, 6) is -0.155. The van der Waals surface area contributed by atoms with Gasteiger partial charge < -0.3 is 14.6 Å². The molecule has 2 aliphatic rings. The normalized spacial score (nSPS) is 23.8. The minimum Gasteiger partial charge on any atom is -0.507 e. The van der Waals surface area contributed by atoms with Crippen LogP contribution in [0.2, 0.25) is 0 Å². The van der Waals surface area contributed by atoms with Crippen molar-refractivity contribution < 1.29 is 24.2 Å². The van der Waals surface area contributed by atoms with Gasteiger partial charge in [0, 0.05) is 17.0 Å². The number of rotatable bonds is 4. The average Bonchev–Trinajstić information content (AvgIpc) is 2.58. The second-order valence-corrected chi connectivity index (χ2v) is 7.90. The van der Waals surface area contributed by atoms with Crippen molar-refractivity contribution in [3.05, 3.63) is 28.3 Å². The summed E-state index contributed by atoms with van der Waals surface area (Å²) in [6, 6.07) is 0. The molecule has 1 aromatic rings. The summed E-state index contributed by atoms with van der Waals surface area (Å²) in [5.41, 5.74) is 2.60. The fourth-order valence-electron chi connectivity index (χ4n) is 3.88. The number of hydrogen-bond acceptors (Lipinski definition) is 5. The van der Waals surface area contributed by atoms with Gasteiger partial charge in [-0.15, -0.1) is 0 Å². The number of aromatic hydroxyl groups is 1. The van der Waals surface area contributed by atoms with Crippen molar-refractivity contribution in [2.45, 2.75) is 72.3 Å². The summed E-state index contributed by atoms with van der Waals surface area (Å²) in [5, 5.41) is 11.0. The van der Waals surface area contributed by atoms with Crippen LogP contribution in [0.1, 0.15) is 81.3 Å². The summed E-state index contributed by atoms with van der Waals surface area (Å²) >= 11 is 0. The molecule has 0 amide bonds. The van der Waals surface area contributed by atoms with Gasteiger partial charge in [0.25, 0.3) is 0 Å². The van der Waals surface area contributed by atoms with Crippen molar-refractivity contribution in [3.8, 4) is 17.2 Å². The lowest BCUT2D eigenvalue weighted by atomic mass is 9.80. The standard InChI is InChI=1S/C22H28O5/c1-6-7-14-10-16(23)27-21-15(9-8-11(2)3)20(25)18-19(24)12(4)13(5)26-22(18)17(14)21/h8,12-14,25H,6-7,9-10H2,1-5H3/t12-,13+,14-/m0/s1. The Balaban J connectivity index is 2.31. The van der Waals surface area contributed by atoms with E-state index in [2.05, 4.69) is 6.92 Å². The van der Waals surface area contributed by atoms with Crippen molar-refractivity contribution in [1.82, 2.24) is 0 Å². The van der Waals surface area contributed by atoms with E-state index in [-0.39, 0.29) is 47.4 Å². The molecule has 0 aliphatic carbocycles. The highest BCUT2D eigenvalue weighted by molar-refractivity contribution is 6.05. The van der Waals surface area contributed by atoms with Gasteiger partial charge in [0.15, 0.2) is 5.78 Å². The number of ether oxygens (including phenoxy) is 2. The summed E-state index contributed by atoms with van der Waals surface area (Å²) in [4.78, 5) is 25.2. The number of benzene rings is 1. The van der Waals surface area contributed by atoms with Gasteiger partial charge in [0.2, 0.25) is 0 Å². The second kappa shape index (κ2) is 7.37. The molecule has 0 radical (unpaired) electrons. The zero-order chi connectivity index (χ0) is 19.9. The molecule has 0 fully saturated rings. The number of phenols is 1. The first-order chi connectivity index (χ1) is 12.8. The zero-order valence-corrected chi connectivity index (χ0v) is 16.7. The number of phenolic OH excluding ortho intramolecular Hbond substituents is 1. The first-order valence-electron chi connectivity index (χ1n) is 9.72. The van der Waals surface area contributed by atoms with E-state index >= 15 is 0 Å². The molecule has 2 heterocycles. The van der Waals surface area contributed by atoms with Crippen LogP contribution in [0.5, 0.6) is 17.2 Å². The Morgan fingerprint density at radius 2 is 1.93 bits per heavy atom. The molecule has 5 heteroatoms. The van der Waals surface area contributed by atoms with Crippen molar-refractivity contribution in [3.63, 3.8) is 0 Å². The van der Waals surface area contributed by atoms with Crippen LogP contribution in [-0.2, 0) is 11.2 Å². The van der Waals surface area contributed by atoms with Crippen LogP contribution in [0.25, 0.3) is 0 Å². The third-order valence-corrected chi connectivity index (χ3v) is 5.57.